The van der Waals surface area contributed by atoms with Gasteiger partial charge < -0.3 is 20.7 Å². The van der Waals surface area contributed by atoms with E-state index in [9.17, 15) is 5.26 Å². The average molecular weight is 430 g/mol. The lowest BCUT2D eigenvalue weighted by Gasteiger charge is -2.15. The van der Waals surface area contributed by atoms with Gasteiger partial charge in [0, 0.05) is 31.5 Å². The van der Waals surface area contributed by atoms with Crippen LogP contribution >= 0.6 is 0 Å². The quantitative estimate of drug-likeness (QED) is 0.343. The number of nitrogens with one attached hydrogen (secondary N) is 3. The second-order valence-corrected chi connectivity index (χ2v) is 7.50. The Hall–Kier alpha value is -4.17. The molecular weight excluding hydrogens is 408 g/mol. The Morgan fingerprint density at radius 1 is 1.22 bits per heavy atom. The molecule has 0 amide bonds. The summed E-state index contributed by atoms with van der Waals surface area (Å²) in [6, 6.07) is 10.4. The van der Waals surface area contributed by atoms with Crippen LogP contribution in [0, 0.1) is 11.3 Å². The molecule has 162 valence electrons. The molecule has 1 saturated carbocycles. The fraction of sp³-hybridized carbons (Fsp3) is 0.286. The zero-order chi connectivity index (χ0) is 21.9. The summed E-state index contributed by atoms with van der Waals surface area (Å²) in [6.07, 6.45) is 7.08. The number of hydrogen-bond donors (Lipinski definition) is 3. The molecule has 5 rings (SSSR count). The highest BCUT2D eigenvalue weighted by atomic mass is 16.5. The Labute approximate surface area is 184 Å². The van der Waals surface area contributed by atoms with Crippen LogP contribution in [0.2, 0.25) is 0 Å². The van der Waals surface area contributed by atoms with E-state index in [0.717, 1.165) is 35.7 Å². The standard InChI is InChI=1S/C21H22N10O/c1-32-7-6-23-17-5-4-16(8-18(17)30-12-24-25-13-30)27-19-9-20(28-15-2-3-15)31-21(29-19)14(10-22)11-26-31/h4-5,8-9,11-13,15,23,28H,2-3,6-7H2,1H3,(H,27,29). The zero-order valence-corrected chi connectivity index (χ0v) is 17.5. The van der Waals surface area contributed by atoms with E-state index in [0.29, 0.717) is 36.2 Å². The molecular formula is C21H22N10O. The molecule has 0 unspecified atom stereocenters. The Morgan fingerprint density at radius 2 is 2.06 bits per heavy atom. The predicted octanol–water partition coefficient (Wildman–Crippen LogP) is 2.56. The van der Waals surface area contributed by atoms with E-state index in [1.807, 2.05) is 28.8 Å². The summed E-state index contributed by atoms with van der Waals surface area (Å²) in [5, 5.41) is 31.8. The van der Waals surface area contributed by atoms with Crippen molar-refractivity contribution in [2.75, 3.05) is 36.2 Å². The molecule has 0 spiro atoms. The summed E-state index contributed by atoms with van der Waals surface area (Å²) < 4.78 is 8.65. The predicted molar refractivity (Wildman–Crippen MR) is 119 cm³/mol. The van der Waals surface area contributed by atoms with Gasteiger partial charge in [-0.1, -0.05) is 0 Å². The number of fused-ring (bicyclic) bond motifs is 1. The van der Waals surface area contributed by atoms with Crippen molar-refractivity contribution in [3.63, 3.8) is 0 Å². The maximum atomic E-state index is 9.44. The van der Waals surface area contributed by atoms with Crippen LogP contribution in [0.4, 0.5) is 23.0 Å². The zero-order valence-electron chi connectivity index (χ0n) is 17.5. The summed E-state index contributed by atoms with van der Waals surface area (Å²) in [5.74, 6) is 1.42. The van der Waals surface area contributed by atoms with Crippen LogP contribution in [0.3, 0.4) is 0 Å². The van der Waals surface area contributed by atoms with Crippen LogP contribution in [0.1, 0.15) is 18.4 Å². The number of aromatic nitrogens is 6. The van der Waals surface area contributed by atoms with Crippen molar-refractivity contribution in [3.8, 4) is 11.8 Å². The van der Waals surface area contributed by atoms with Crippen molar-refractivity contribution in [1.29, 1.82) is 5.26 Å². The van der Waals surface area contributed by atoms with Gasteiger partial charge in [-0.3, -0.25) is 4.57 Å². The lowest BCUT2D eigenvalue weighted by Crippen LogP contribution is -2.10. The number of methoxy groups -OCH3 is 1. The number of ether oxygens (including phenoxy) is 1. The summed E-state index contributed by atoms with van der Waals surface area (Å²) >= 11 is 0. The maximum Gasteiger partial charge on any atom is 0.177 e. The van der Waals surface area contributed by atoms with Crippen molar-refractivity contribution in [2.24, 2.45) is 0 Å². The second kappa shape index (κ2) is 8.52. The largest absolute Gasteiger partial charge is 0.383 e. The summed E-state index contributed by atoms with van der Waals surface area (Å²) in [7, 11) is 1.67. The minimum absolute atomic E-state index is 0.426. The Kier molecular flexibility index (Phi) is 5.27. The van der Waals surface area contributed by atoms with E-state index in [-0.39, 0.29) is 0 Å². The van der Waals surface area contributed by atoms with Crippen LogP contribution in [0.25, 0.3) is 11.3 Å². The van der Waals surface area contributed by atoms with E-state index in [1.54, 1.807) is 24.3 Å². The fourth-order valence-corrected chi connectivity index (χ4v) is 3.38. The topological polar surface area (TPSA) is 130 Å². The highest BCUT2D eigenvalue weighted by molar-refractivity contribution is 5.72. The second-order valence-electron chi connectivity index (χ2n) is 7.50. The highest BCUT2D eigenvalue weighted by Crippen LogP contribution is 2.29. The van der Waals surface area contributed by atoms with Gasteiger partial charge >= 0.3 is 0 Å². The van der Waals surface area contributed by atoms with E-state index < -0.39 is 0 Å². The molecule has 1 aromatic carbocycles. The number of benzene rings is 1. The highest BCUT2D eigenvalue weighted by Gasteiger charge is 2.23. The van der Waals surface area contributed by atoms with Crippen LogP contribution in [-0.2, 0) is 4.74 Å². The fourth-order valence-electron chi connectivity index (χ4n) is 3.38. The first-order valence-electron chi connectivity index (χ1n) is 10.3. The maximum absolute atomic E-state index is 9.44. The molecule has 11 nitrogen and oxygen atoms in total. The smallest absolute Gasteiger partial charge is 0.177 e. The van der Waals surface area contributed by atoms with E-state index in [2.05, 4.69) is 42.3 Å². The van der Waals surface area contributed by atoms with Crippen molar-refractivity contribution in [3.05, 3.63) is 48.7 Å². The molecule has 1 aliphatic rings. The molecule has 1 fully saturated rings. The Balaban J connectivity index is 1.49. The molecule has 0 atom stereocenters. The number of nitrogens with zero attached hydrogens (tertiary/aromatic N) is 7. The number of anilines is 4. The number of nitriles is 1. The van der Waals surface area contributed by atoms with Crippen LogP contribution in [0.5, 0.6) is 0 Å². The van der Waals surface area contributed by atoms with Gasteiger partial charge in [0.1, 0.15) is 35.9 Å². The van der Waals surface area contributed by atoms with Gasteiger partial charge in [-0.05, 0) is 31.0 Å². The molecule has 11 heteroatoms. The van der Waals surface area contributed by atoms with Gasteiger partial charge in [-0.25, -0.2) is 4.98 Å². The molecule has 3 N–H and O–H groups in total. The SMILES string of the molecule is COCCNc1ccc(Nc2cc(NC3CC3)n3ncc(C#N)c3n2)cc1-n1cnnc1. The van der Waals surface area contributed by atoms with E-state index in [1.165, 1.54) is 6.20 Å². The van der Waals surface area contributed by atoms with Crippen molar-refractivity contribution in [2.45, 2.75) is 18.9 Å². The molecule has 3 aromatic heterocycles. The first-order valence-corrected chi connectivity index (χ1v) is 10.3. The van der Waals surface area contributed by atoms with Crippen molar-refractivity contribution < 1.29 is 4.74 Å². The first kappa shape index (κ1) is 19.8. The molecule has 0 aliphatic heterocycles. The Bertz CT molecular complexity index is 1270. The van der Waals surface area contributed by atoms with Crippen LogP contribution in [-0.4, -0.2) is 55.7 Å². The minimum atomic E-state index is 0.426. The molecule has 32 heavy (non-hydrogen) atoms. The van der Waals surface area contributed by atoms with Crippen molar-refractivity contribution in [1.82, 2.24) is 29.4 Å². The third-order valence-electron chi connectivity index (χ3n) is 5.11. The Morgan fingerprint density at radius 3 is 2.81 bits per heavy atom. The normalized spacial score (nSPS) is 13.1. The summed E-state index contributed by atoms with van der Waals surface area (Å²) in [5.41, 5.74) is 3.58. The summed E-state index contributed by atoms with van der Waals surface area (Å²) in [4.78, 5) is 4.63. The minimum Gasteiger partial charge on any atom is -0.383 e. The van der Waals surface area contributed by atoms with Gasteiger partial charge in [-0.2, -0.15) is 14.9 Å². The van der Waals surface area contributed by atoms with Crippen LogP contribution < -0.4 is 16.0 Å². The third-order valence-corrected chi connectivity index (χ3v) is 5.11. The molecule has 4 aromatic rings. The first-order chi connectivity index (χ1) is 15.7. The summed E-state index contributed by atoms with van der Waals surface area (Å²) in [6.45, 7) is 1.26. The lowest BCUT2D eigenvalue weighted by molar-refractivity contribution is 0.211. The van der Waals surface area contributed by atoms with Gasteiger partial charge in [-0.15, -0.1) is 10.2 Å². The number of rotatable bonds is 9. The van der Waals surface area contributed by atoms with Crippen LogP contribution in [0.15, 0.2) is 43.1 Å². The monoisotopic (exact) mass is 430 g/mol. The average Bonchev–Trinajstić information content (AvgIpc) is 3.28. The molecule has 0 bridgehead atoms. The number of hydrogen-bond acceptors (Lipinski definition) is 9. The van der Waals surface area contributed by atoms with Gasteiger partial charge in [0.2, 0.25) is 0 Å². The van der Waals surface area contributed by atoms with Gasteiger partial charge in [0.25, 0.3) is 0 Å². The van der Waals surface area contributed by atoms with E-state index in [4.69, 9.17) is 4.74 Å². The van der Waals surface area contributed by atoms with Gasteiger partial charge in [0.15, 0.2) is 5.65 Å². The molecule has 0 saturated heterocycles. The lowest BCUT2D eigenvalue weighted by atomic mass is 10.2. The third kappa shape index (κ3) is 4.03. The van der Waals surface area contributed by atoms with E-state index >= 15 is 0 Å². The molecule has 3 heterocycles. The van der Waals surface area contributed by atoms with Crippen molar-refractivity contribution >= 4 is 28.7 Å². The molecule has 1 aliphatic carbocycles. The van der Waals surface area contributed by atoms with Gasteiger partial charge in [0.05, 0.1) is 24.2 Å². The molecule has 0 radical (unpaired) electrons.